The van der Waals surface area contributed by atoms with E-state index in [-0.39, 0.29) is 0 Å². The van der Waals surface area contributed by atoms with E-state index in [9.17, 15) is 35.9 Å². The minimum atomic E-state index is -5.19. The smallest absolute Gasteiger partial charge is 0.316 e. The molecule has 0 atom stereocenters. The number of halogens is 6. The van der Waals surface area contributed by atoms with Gasteiger partial charge in [-0.1, -0.05) is 27.7 Å². The van der Waals surface area contributed by atoms with Gasteiger partial charge in [-0.05, 0) is 0 Å². The van der Waals surface area contributed by atoms with Gasteiger partial charge in [-0.25, -0.2) is 0 Å². The first-order valence-corrected chi connectivity index (χ1v) is 7.28. The fraction of sp³-hybridized carbons (Fsp3) is 0.500. The van der Waals surface area contributed by atoms with Gasteiger partial charge in [-0.2, -0.15) is 26.3 Å². The van der Waals surface area contributed by atoms with Crippen LogP contribution >= 0.6 is 11.3 Å². The maximum Gasteiger partial charge on any atom is 0.471 e. The number of anilines is 2. The maximum atomic E-state index is 11.9. The van der Waals surface area contributed by atoms with Crippen LogP contribution in [0.1, 0.15) is 27.7 Å². The van der Waals surface area contributed by atoms with E-state index in [4.69, 9.17) is 0 Å². The monoisotopic (exact) mass is 366 g/mol. The molecule has 0 fully saturated rings. The van der Waals surface area contributed by atoms with Gasteiger partial charge in [0.05, 0.1) is 11.4 Å². The third-order valence-electron chi connectivity index (χ3n) is 1.67. The highest BCUT2D eigenvalue weighted by atomic mass is 32.1. The van der Waals surface area contributed by atoms with E-state index in [1.54, 1.807) is 0 Å². The quantitative estimate of drug-likeness (QED) is 0.739. The predicted octanol–water partition coefficient (Wildman–Crippen LogP) is 4.80. The number of thiophene rings is 1. The lowest BCUT2D eigenvalue weighted by Crippen LogP contribution is -2.32. The number of hydrogen-bond acceptors (Lipinski definition) is 3. The first-order valence-electron chi connectivity index (χ1n) is 6.34. The van der Waals surface area contributed by atoms with E-state index in [0.717, 1.165) is 10.8 Å². The molecule has 23 heavy (non-hydrogen) atoms. The van der Waals surface area contributed by atoms with Crippen molar-refractivity contribution in [2.45, 2.75) is 40.0 Å². The Balaban J connectivity index is 0. The SMILES string of the molecule is CC.CC.O=C(Nc1cscc1NC(=O)C(F)(F)F)C(F)(F)F. The molecule has 0 saturated heterocycles. The summed E-state index contributed by atoms with van der Waals surface area (Å²) in [5.41, 5.74) is -1.13. The first kappa shape index (κ1) is 23.5. The van der Waals surface area contributed by atoms with Crippen LogP contribution < -0.4 is 10.6 Å². The van der Waals surface area contributed by atoms with Gasteiger partial charge in [0.15, 0.2) is 0 Å². The Morgan fingerprint density at radius 2 is 1.04 bits per heavy atom. The Labute approximate surface area is 132 Å². The standard InChI is InChI=1S/C8H4F6N2O2S.2C2H6/c9-7(10,11)5(17)15-3-1-19-2-4(3)16-6(18)8(12,13)14;2*1-2/h1-2H,(H,15,17)(H,16,18);2*1-2H3. The van der Waals surface area contributed by atoms with Crippen molar-refractivity contribution < 1.29 is 35.9 Å². The van der Waals surface area contributed by atoms with Crippen LogP contribution in [0.25, 0.3) is 0 Å². The third kappa shape index (κ3) is 8.43. The lowest BCUT2D eigenvalue weighted by molar-refractivity contribution is -0.167. The van der Waals surface area contributed by atoms with Crippen LogP contribution in [0.3, 0.4) is 0 Å². The molecule has 1 heterocycles. The number of carbonyl (C=O) groups excluding carboxylic acids is 2. The molecule has 134 valence electrons. The van der Waals surface area contributed by atoms with Gasteiger partial charge in [0.1, 0.15) is 0 Å². The molecule has 0 aliphatic heterocycles. The molecule has 0 unspecified atom stereocenters. The van der Waals surface area contributed by atoms with Crippen LogP contribution in [0.15, 0.2) is 10.8 Å². The number of hydrogen-bond donors (Lipinski definition) is 2. The second-order valence-electron chi connectivity index (χ2n) is 3.10. The fourth-order valence-corrected chi connectivity index (χ4v) is 1.59. The predicted molar refractivity (Wildman–Crippen MR) is 76.4 cm³/mol. The number of alkyl halides is 6. The van der Waals surface area contributed by atoms with E-state index in [0.29, 0.717) is 11.3 Å². The lowest BCUT2D eigenvalue weighted by Gasteiger charge is -2.10. The van der Waals surface area contributed by atoms with E-state index in [2.05, 4.69) is 0 Å². The summed E-state index contributed by atoms with van der Waals surface area (Å²) < 4.78 is 71.7. The summed E-state index contributed by atoms with van der Waals surface area (Å²) in [4.78, 5) is 21.2. The van der Waals surface area contributed by atoms with Gasteiger partial charge in [0.2, 0.25) is 0 Å². The molecule has 4 nitrogen and oxygen atoms in total. The molecule has 0 aliphatic carbocycles. The molecule has 1 aromatic rings. The van der Waals surface area contributed by atoms with E-state index in [1.165, 1.54) is 10.6 Å². The summed E-state index contributed by atoms with van der Waals surface area (Å²) in [6.07, 6.45) is -10.4. The Hall–Kier alpha value is -1.78. The molecule has 1 rings (SSSR count). The molecule has 11 heteroatoms. The van der Waals surface area contributed by atoms with Crippen molar-refractivity contribution >= 4 is 34.5 Å². The van der Waals surface area contributed by atoms with Gasteiger partial charge in [-0.15, -0.1) is 11.3 Å². The number of carbonyl (C=O) groups is 2. The molecule has 0 bridgehead atoms. The van der Waals surface area contributed by atoms with Crippen LogP contribution in [0.5, 0.6) is 0 Å². The number of rotatable bonds is 2. The molecule has 0 aliphatic rings. The average molecular weight is 366 g/mol. The van der Waals surface area contributed by atoms with Gasteiger partial charge < -0.3 is 10.6 Å². The highest BCUT2D eigenvalue weighted by molar-refractivity contribution is 7.09. The second kappa shape index (κ2) is 10.1. The molecule has 2 N–H and O–H groups in total. The van der Waals surface area contributed by atoms with E-state index in [1.807, 2.05) is 27.7 Å². The summed E-state index contributed by atoms with van der Waals surface area (Å²) in [7, 11) is 0. The van der Waals surface area contributed by atoms with Crippen molar-refractivity contribution in [2.75, 3.05) is 10.6 Å². The molecular formula is C12H16F6N2O2S. The summed E-state index contributed by atoms with van der Waals surface area (Å²) in [5.74, 6) is -4.71. The first-order chi connectivity index (χ1) is 10.5. The number of nitrogens with one attached hydrogen (secondary N) is 2. The van der Waals surface area contributed by atoms with Crippen molar-refractivity contribution in [3.63, 3.8) is 0 Å². The van der Waals surface area contributed by atoms with Crippen LogP contribution in [0, 0.1) is 0 Å². The molecule has 0 aromatic carbocycles. The summed E-state index contributed by atoms with van der Waals surface area (Å²) in [5, 5.41) is 4.61. The van der Waals surface area contributed by atoms with Crippen molar-refractivity contribution in [2.24, 2.45) is 0 Å². The van der Waals surface area contributed by atoms with Crippen molar-refractivity contribution in [3.8, 4) is 0 Å². The Kier molecular flexibility index (Phi) is 10.3. The average Bonchev–Trinajstić information content (AvgIpc) is 2.88. The zero-order valence-corrected chi connectivity index (χ0v) is 13.5. The lowest BCUT2D eigenvalue weighted by atomic mass is 10.4. The molecular weight excluding hydrogens is 350 g/mol. The fourth-order valence-electron chi connectivity index (χ4n) is 0.877. The van der Waals surface area contributed by atoms with Crippen molar-refractivity contribution in [1.29, 1.82) is 0 Å². The van der Waals surface area contributed by atoms with Crippen LogP contribution in [0.2, 0.25) is 0 Å². The molecule has 1 aromatic heterocycles. The minimum absolute atomic E-state index is 0.565. The second-order valence-corrected chi connectivity index (χ2v) is 3.85. The van der Waals surface area contributed by atoms with Gasteiger partial charge >= 0.3 is 24.2 Å². The van der Waals surface area contributed by atoms with Crippen LogP contribution in [-0.4, -0.2) is 24.2 Å². The summed E-state index contributed by atoms with van der Waals surface area (Å²) >= 11 is 0.707. The molecule has 2 amide bonds. The van der Waals surface area contributed by atoms with E-state index >= 15 is 0 Å². The van der Waals surface area contributed by atoms with Gasteiger partial charge in [0.25, 0.3) is 0 Å². The third-order valence-corrected chi connectivity index (χ3v) is 2.42. The minimum Gasteiger partial charge on any atom is -0.316 e. The van der Waals surface area contributed by atoms with Crippen LogP contribution in [-0.2, 0) is 9.59 Å². The van der Waals surface area contributed by atoms with E-state index < -0.39 is 35.5 Å². The largest absolute Gasteiger partial charge is 0.471 e. The zero-order valence-electron chi connectivity index (χ0n) is 12.6. The van der Waals surface area contributed by atoms with Gasteiger partial charge in [0, 0.05) is 10.8 Å². The maximum absolute atomic E-state index is 11.9. The molecule has 0 spiro atoms. The Bertz CT molecular complexity index is 454. The van der Waals surface area contributed by atoms with Crippen molar-refractivity contribution in [3.05, 3.63) is 10.8 Å². The van der Waals surface area contributed by atoms with Gasteiger partial charge in [-0.3, -0.25) is 9.59 Å². The number of amides is 2. The Morgan fingerprint density at radius 3 is 1.26 bits per heavy atom. The zero-order chi connectivity index (χ0) is 18.8. The van der Waals surface area contributed by atoms with Crippen molar-refractivity contribution in [1.82, 2.24) is 0 Å². The van der Waals surface area contributed by atoms with Crippen LogP contribution in [0.4, 0.5) is 37.7 Å². The molecule has 0 radical (unpaired) electrons. The summed E-state index contributed by atoms with van der Waals surface area (Å²) in [6, 6.07) is 0. The normalized spacial score (nSPS) is 10.5. The highest BCUT2D eigenvalue weighted by Crippen LogP contribution is 2.30. The highest BCUT2D eigenvalue weighted by Gasteiger charge is 2.41. The summed E-state index contributed by atoms with van der Waals surface area (Å²) in [6.45, 7) is 8.00. The topological polar surface area (TPSA) is 58.2 Å². The molecule has 0 saturated carbocycles. The Morgan fingerprint density at radius 1 is 0.783 bits per heavy atom.